The van der Waals surface area contributed by atoms with E-state index in [0.29, 0.717) is 10.8 Å². The Kier molecular flexibility index (Phi) is 5.51. The van der Waals surface area contributed by atoms with Gasteiger partial charge in [0, 0.05) is 17.1 Å². The summed E-state index contributed by atoms with van der Waals surface area (Å²) in [5.74, 6) is 0.679. The first-order chi connectivity index (χ1) is 10.9. The van der Waals surface area contributed by atoms with Crippen LogP contribution in [0.25, 0.3) is 0 Å². The van der Waals surface area contributed by atoms with Crippen molar-refractivity contribution in [3.8, 4) is 11.5 Å². The van der Waals surface area contributed by atoms with Crippen LogP contribution in [0.2, 0.25) is 5.02 Å². The standard InChI is InChI=1S/C16H18ClNO4S/c1-11(12-5-4-6-13(17)9-12)18-23(19,20)16-10-14(21-2)7-8-15(16)22-3/h4-11,18H,1-3H3. The predicted octanol–water partition coefficient (Wildman–Crippen LogP) is 3.40. The van der Waals surface area contributed by atoms with Gasteiger partial charge in [-0.15, -0.1) is 0 Å². The number of methoxy groups -OCH3 is 2. The van der Waals surface area contributed by atoms with Crippen molar-refractivity contribution in [1.82, 2.24) is 4.72 Å². The van der Waals surface area contributed by atoms with Crippen molar-refractivity contribution in [2.24, 2.45) is 0 Å². The van der Waals surface area contributed by atoms with Gasteiger partial charge in [0.1, 0.15) is 16.4 Å². The first-order valence-electron chi connectivity index (χ1n) is 6.87. The molecule has 0 aromatic heterocycles. The molecule has 0 bridgehead atoms. The molecule has 2 aromatic carbocycles. The highest BCUT2D eigenvalue weighted by atomic mass is 35.5. The predicted molar refractivity (Wildman–Crippen MR) is 89.7 cm³/mol. The fraction of sp³-hybridized carbons (Fsp3) is 0.250. The summed E-state index contributed by atoms with van der Waals surface area (Å²) in [6.07, 6.45) is 0. The Bertz CT molecular complexity index is 792. The van der Waals surface area contributed by atoms with Crippen molar-refractivity contribution >= 4 is 21.6 Å². The molecule has 0 heterocycles. The van der Waals surface area contributed by atoms with E-state index in [1.54, 1.807) is 37.3 Å². The second-order valence-corrected chi connectivity index (χ2v) is 7.03. The molecule has 7 heteroatoms. The van der Waals surface area contributed by atoms with Crippen LogP contribution in [0.15, 0.2) is 47.4 Å². The van der Waals surface area contributed by atoms with E-state index in [-0.39, 0.29) is 10.6 Å². The third kappa shape index (κ3) is 4.16. The topological polar surface area (TPSA) is 64.6 Å². The molecular weight excluding hydrogens is 338 g/mol. The Balaban J connectivity index is 2.35. The summed E-state index contributed by atoms with van der Waals surface area (Å²) in [6.45, 7) is 1.75. The summed E-state index contributed by atoms with van der Waals surface area (Å²) < 4.78 is 38.2. The molecule has 5 nitrogen and oxygen atoms in total. The Morgan fingerprint density at radius 2 is 1.83 bits per heavy atom. The van der Waals surface area contributed by atoms with Crippen LogP contribution in [0, 0.1) is 0 Å². The molecule has 0 spiro atoms. The molecule has 2 aromatic rings. The molecule has 1 atom stereocenters. The minimum Gasteiger partial charge on any atom is -0.497 e. The quantitative estimate of drug-likeness (QED) is 0.862. The summed E-state index contributed by atoms with van der Waals surface area (Å²) in [6, 6.07) is 11.2. The Morgan fingerprint density at radius 3 is 2.43 bits per heavy atom. The van der Waals surface area contributed by atoms with E-state index in [9.17, 15) is 8.42 Å². The number of halogens is 1. The molecule has 124 valence electrons. The minimum absolute atomic E-state index is 0.0215. The molecule has 0 radical (unpaired) electrons. The van der Waals surface area contributed by atoms with Crippen molar-refractivity contribution in [2.45, 2.75) is 17.9 Å². The van der Waals surface area contributed by atoms with E-state index in [1.165, 1.54) is 20.3 Å². The molecule has 23 heavy (non-hydrogen) atoms. The number of hydrogen-bond acceptors (Lipinski definition) is 4. The fourth-order valence-electron chi connectivity index (χ4n) is 2.13. The van der Waals surface area contributed by atoms with Gasteiger partial charge in [-0.05, 0) is 36.8 Å². The number of hydrogen-bond donors (Lipinski definition) is 1. The summed E-state index contributed by atoms with van der Waals surface area (Å²) in [5.41, 5.74) is 0.767. The van der Waals surface area contributed by atoms with Crippen molar-refractivity contribution in [3.05, 3.63) is 53.1 Å². The molecule has 0 aliphatic heterocycles. The molecular formula is C16H18ClNO4S. The SMILES string of the molecule is COc1ccc(OC)c(S(=O)(=O)NC(C)c2cccc(Cl)c2)c1. The zero-order valence-corrected chi connectivity index (χ0v) is 14.6. The highest BCUT2D eigenvalue weighted by Gasteiger charge is 2.23. The minimum atomic E-state index is -3.79. The first kappa shape index (κ1) is 17.6. The summed E-state index contributed by atoms with van der Waals surface area (Å²) in [5, 5.41) is 0.549. The van der Waals surface area contributed by atoms with Gasteiger partial charge in [-0.25, -0.2) is 13.1 Å². The van der Waals surface area contributed by atoms with Crippen molar-refractivity contribution in [1.29, 1.82) is 0 Å². The largest absolute Gasteiger partial charge is 0.497 e. The third-order valence-electron chi connectivity index (χ3n) is 3.34. The fourth-order valence-corrected chi connectivity index (χ4v) is 3.75. The lowest BCUT2D eigenvalue weighted by Gasteiger charge is -2.17. The second-order valence-electron chi connectivity index (χ2n) is 4.91. The Morgan fingerprint density at radius 1 is 1.09 bits per heavy atom. The highest BCUT2D eigenvalue weighted by molar-refractivity contribution is 7.89. The van der Waals surface area contributed by atoms with Crippen molar-refractivity contribution in [2.75, 3.05) is 14.2 Å². The maximum absolute atomic E-state index is 12.7. The number of benzene rings is 2. The molecule has 2 rings (SSSR count). The number of ether oxygens (including phenoxy) is 2. The Hall–Kier alpha value is -1.76. The van der Waals surface area contributed by atoms with Crippen LogP contribution in [-0.4, -0.2) is 22.6 Å². The maximum Gasteiger partial charge on any atom is 0.244 e. The van der Waals surface area contributed by atoms with E-state index in [1.807, 2.05) is 6.07 Å². The lowest BCUT2D eigenvalue weighted by atomic mass is 10.1. The van der Waals surface area contributed by atoms with E-state index >= 15 is 0 Å². The average Bonchev–Trinajstić information content (AvgIpc) is 2.53. The average molecular weight is 356 g/mol. The molecule has 0 aliphatic rings. The van der Waals surface area contributed by atoms with E-state index < -0.39 is 16.1 Å². The molecule has 0 saturated carbocycles. The van der Waals surface area contributed by atoms with Gasteiger partial charge in [-0.2, -0.15) is 0 Å². The monoisotopic (exact) mass is 355 g/mol. The van der Waals surface area contributed by atoms with E-state index in [2.05, 4.69) is 4.72 Å². The van der Waals surface area contributed by atoms with Crippen LogP contribution in [0.1, 0.15) is 18.5 Å². The number of nitrogens with one attached hydrogen (secondary N) is 1. The summed E-state index contributed by atoms with van der Waals surface area (Å²) in [7, 11) is -0.904. The highest BCUT2D eigenvalue weighted by Crippen LogP contribution is 2.29. The van der Waals surface area contributed by atoms with Crippen LogP contribution in [0.5, 0.6) is 11.5 Å². The van der Waals surface area contributed by atoms with Crippen LogP contribution in [0.3, 0.4) is 0 Å². The van der Waals surface area contributed by atoms with Gasteiger partial charge in [0.25, 0.3) is 0 Å². The third-order valence-corrected chi connectivity index (χ3v) is 5.14. The summed E-state index contributed by atoms with van der Waals surface area (Å²) in [4.78, 5) is 0.0215. The van der Waals surface area contributed by atoms with Crippen LogP contribution >= 0.6 is 11.6 Å². The number of sulfonamides is 1. The molecule has 1 unspecified atom stereocenters. The van der Waals surface area contributed by atoms with Crippen LogP contribution in [-0.2, 0) is 10.0 Å². The summed E-state index contributed by atoms with van der Waals surface area (Å²) >= 11 is 5.95. The first-order valence-corrected chi connectivity index (χ1v) is 8.73. The van der Waals surface area contributed by atoms with Gasteiger partial charge in [0.05, 0.1) is 14.2 Å². The molecule has 0 fully saturated rings. The van der Waals surface area contributed by atoms with E-state index in [4.69, 9.17) is 21.1 Å². The lowest BCUT2D eigenvalue weighted by Crippen LogP contribution is -2.27. The van der Waals surface area contributed by atoms with Gasteiger partial charge in [0.15, 0.2) is 0 Å². The zero-order valence-electron chi connectivity index (χ0n) is 13.0. The van der Waals surface area contributed by atoms with Crippen LogP contribution in [0.4, 0.5) is 0 Å². The molecule has 1 N–H and O–H groups in total. The van der Waals surface area contributed by atoms with Gasteiger partial charge in [-0.3, -0.25) is 0 Å². The zero-order chi connectivity index (χ0) is 17.0. The smallest absolute Gasteiger partial charge is 0.244 e. The lowest BCUT2D eigenvalue weighted by molar-refractivity contribution is 0.391. The maximum atomic E-state index is 12.7. The van der Waals surface area contributed by atoms with Crippen LogP contribution < -0.4 is 14.2 Å². The van der Waals surface area contributed by atoms with Gasteiger partial charge in [-0.1, -0.05) is 23.7 Å². The molecule has 0 amide bonds. The van der Waals surface area contributed by atoms with Gasteiger partial charge >= 0.3 is 0 Å². The van der Waals surface area contributed by atoms with E-state index in [0.717, 1.165) is 5.56 Å². The number of rotatable bonds is 6. The second kappa shape index (κ2) is 7.21. The Labute approximate surface area is 141 Å². The van der Waals surface area contributed by atoms with Gasteiger partial charge in [0.2, 0.25) is 10.0 Å². The van der Waals surface area contributed by atoms with Crippen molar-refractivity contribution in [3.63, 3.8) is 0 Å². The molecule has 0 aliphatic carbocycles. The normalized spacial score (nSPS) is 12.7. The molecule has 0 saturated heterocycles. The van der Waals surface area contributed by atoms with Gasteiger partial charge < -0.3 is 9.47 Å². The van der Waals surface area contributed by atoms with Crippen molar-refractivity contribution < 1.29 is 17.9 Å².